The summed E-state index contributed by atoms with van der Waals surface area (Å²) in [6.07, 6.45) is 11.0. The average molecular weight is 258 g/mol. The quantitative estimate of drug-likeness (QED) is 0.863. The molecule has 0 bridgehead atoms. The van der Waals surface area contributed by atoms with Crippen LogP contribution in [-0.2, 0) is 13.1 Å². The molecule has 4 nitrogen and oxygen atoms in total. The summed E-state index contributed by atoms with van der Waals surface area (Å²) < 4.78 is 4.45. The van der Waals surface area contributed by atoms with E-state index in [9.17, 15) is 0 Å². The zero-order chi connectivity index (χ0) is 13.2. The van der Waals surface area contributed by atoms with Crippen molar-refractivity contribution in [3.05, 3.63) is 42.2 Å². The second-order valence-electron chi connectivity index (χ2n) is 5.39. The molecule has 0 spiro atoms. The van der Waals surface area contributed by atoms with E-state index in [1.165, 1.54) is 24.1 Å². The van der Waals surface area contributed by atoms with Crippen LogP contribution in [0.3, 0.4) is 0 Å². The molecule has 19 heavy (non-hydrogen) atoms. The van der Waals surface area contributed by atoms with Crippen molar-refractivity contribution in [2.75, 3.05) is 7.05 Å². The Morgan fingerprint density at radius 3 is 3.00 bits per heavy atom. The molecule has 0 aliphatic heterocycles. The van der Waals surface area contributed by atoms with Gasteiger partial charge in [-0.1, -0.05) is 0 Å². The number of imidazole rings is 1. The molecule has 1 atom stereocenters. The normalized spacial score (nSPS) is 16.7. The van der Waals surface area contributed by atoms with Gasteiger partial charge in [0.1, 0.15) is 0 Å². The molecular weight excluding hydrogens is 236 g/mol. The van der Waals surface area contributed by atoms with Gasteiger partial charge in [-0.3, -0.25) is 0 Å². The highest BCUT2D eigenvalue weighted by atomic mass is 15.1. The summed E-state index contributed by atoms with van der Waals surface area (Å²) >= 11 is 0. The number of nitrogens with one attached hydrogen (secondary N) is 1. The minimum atomic E-state index is 0.525. The predicted octanol–water partition coefficient (Wildman–Crippen LogP) is 2.42. The van der Waals surface area contributed by atoms with E-state index in [1.807, 2.05) is 12.5 Å². The Morgan fingerprint density at radius 2 is 2.32 bits per heavy atom. The van der Waals surface area contributed by atoms with Gasteiger partial charge in [-0.05, 0) is 44.4 Å². The molecule has 1 aliphatic carbocycles. The Kier molecular flexibility index (Phi) is 3.42. The first-order valence-electron chi connectivity index (χ1n) is 7.13. The van der Waals surface area contributed by atoms with Crippen LogP contribution in [0.15, 0.2) is 31.0 Å². The molecule has 2 aromatic heterocycles. The lowest BCUT2D eigenvalue weighted by Gasteiger charge is -2.13. The third-order valence-corrected chi connectivity index (χ3v) is 4.02. The van der Waals surface area contributed by atoms with Gasteiger partial charge in [0.15, 0.2) is 0 Å². The van der Waals surface area contributed by atoms with Gasteiger partial charge in [0.2, 0.25) is 0 Å². The zero-order valence-electron chi connectivity index (χ0n) is 11.7. The standard InChI is InChI=1S/C15H22N4/c1-3-19-11-17-8-14(19)10-18-7-6-13(9-18)15(16-2)12-4-5-12/h6-9,11-12,15-16H,3-5,10H2,1-2H3. The second kappa shape index (κ2) is 5.21. The van der Waals surface area contributed by atoms with Crippen molar-refractivity contribution >= 4 is 0 Å². The highest BCUT2D eigenvalue weighted by molar-refractivity contribution is 5.19. The molecule has 3 rings (SSSR count). The van der Waals surface area contributed by atoms with E-state index in [0.717, 1.165) is 19.0 Å². The van der Waals surface area contributed by atoms with Gasteiger partial charge in [0.25, 0.3) is 0 Å². The number of rotatable bonds is 6. The third kappa shape index (κ3) is 2.59. The van der Waals surface area contributed by atoms with Crippen molar-refractivity contribution < 1.29 is 0 Å². The molecule has 1 unspecified atom stereocenters. The lowest BCUT2D eigenvalue weighted by atomic mass is 10.1. The van der Waals surface area contributed by atoms with Crippen molar-refractivity contribution in [1.82, 2.24) is 19.4 Å². The Labute approximate surface area is 114 Å². The number of aryl methyl sites for hydroxylation is 1. The van der Waals surface area contributed by atoms with Crippen LogP contribution in [0.25, 0.3) is 0 Å². The SMILES string of the molecule is CCn1cncc1Cn1ccc(C(NC)C2CC2)c1. The fourth-order valence-electron chi connectivity index (χ4n) is 2.80. The van der Waals surface area contributed by atoms with E-state index in [-0.39, 0.29) is 0 Å². The first-order valence-corrected chi connectivity index (χ1v) is 7.13. The van der Waals surface area contributed by atoms with Crippen molar-refractivity contribution in [3.8, 4) is 0 Å². The van der Waals surface area contributed by atoms with Gasteiger partial charge in [-0.25, -0.2) is 4.98 Å². The van der Waals surface area contributed by atoms with Crippen LogP contribution < -0.4 is 5.32 Å². The summed E-state index contributed by atoms with van der Waals surface area (Å²) in [7, 11) is 2.06. The molecule has 1 N–H and O–H groups in total. The second-order valence-corrected chi connectivity index (χ2v) is 5.39. The van der Waals surface area contributed by atoms with Crippen LogP contribution in [0.4, 0.5) is 0 Å². The first kappa shape index (κ1) is 12.5. The van der Waals surface area contributed by atoms with Crippen LogP contribution in [0.1, 0.15) is 37.1 Å². The van der Waals surface area contributed by atoms with Crippen LogP contribution >= 0.6 is 0 Å². The average Bonchev–Trinajstić information content (AvgIpc) is 2.98. The number of nitrogens with zero attached hydrogens (tertiary/aromatic N) is 3. The third-order valence-electron chi connectivity index (χ3n) is 4.02. The molecule has 0 amide bonds. The minimum absolute atomic E-state index is 0.525. The van der Waals surface area contributed by atoms with Gasteiger partial charge in [-0.2, -0.15) is 0 Å². The van der Waals surface area contributed by atoms with E-state index in [4.69, 9.17) is 0 Å². The van der Waals surface area contributed by atoms with Crippen LogP contribution in [0, 0.1) is 5.92 Å². The number of aromatic nitrogens is 3. The molecule has 4 heteroatoms. The summed E-state index contributed by atoms with van der Waals surface area (Å²) in [5.41, 5.74) is 2.67. The van der Waals surface area contributed by atoms with Gasteiger partial charge >= 0.3 is 0 Å². The largest absolute Gasteiger partial charge is 0.348 e. The zero-order valence-corrected chi connectivity index (χ0v) is 11.7. The van der Waals surface area contributed by atoms with Crippen molar-refractivity contribution in [1.29, 1.82) is 0 Å². The van der Waals surface area contributed by atoms with Crippen molar-refractivity contribution in [2.45, 2.75) is 38.9 Å². The van der Waals surface area contributed by atoms with Gasteiger partial charge in [0, 0.05) is 31.2 Å². The molecule has 2 heterocycles. The van der Waals surface area contributed by atoms with Gasteiger partial charge < -0.3 is 14.5 Å². The van der Waals surface area contributed by atoms with E-state index < -0.39 is 0 Å². The Morgan fingerprint density at radius 1 is 1.47 bits per heavy atom. The molecule has 0 aromatic carbocycles. The number of hydrogen-bond donors (Lipinski definition) is 1. The Hall–Kier alpha value is -1.55. The predicted molar refractivity (Wildman–Crippen MR) is 76.0 cm³/mol. The Bertz CT molecular complexity index is 536. The molecule has 1 saturated carbocycles. The Balaban J connectivity index is 1.74. The minimum Gasteiger partial charge on any atom is -0.348 e. The van der Waals surface area contributed by atoms with Crippen molar-refractivity contribution in [2.24, 2.45) is 5.92 Å². The molecular formula is C15H22N4. The van der Waals surface area contributed by atoms with Gasteiger partial charge in [0.05, 0.1) is 18.6 Å². The number of hydrogen-bond acceptors (Lipinski definition) is 2. The lowest BCUT2D eigenvalue weighted by molar-refractivity contribution is 0.527. The van der Waals surface area contributed by atoms with E-state index in [2.05, 4.69) is 51.9 Å². The molecule has 0 radical (unpaired) electrons. The summed E-state index contributed by atoms with van der Waals surface area (Å²) in [6, 6.07) is 2.77. The fraction of sp³-hybridized carbons (Fsp3) is 0.533. The van der Waals surface area contributed by atoms with Crippen LogP contribution in [0.2, 0.25) is 0 Å². The molecule has 2 aromatic rings. The maximum Gasteiger partial charge on any atom is 0.0948 e. The van der Waals surface area contributed by atoms with E-state index in [0.29, 0.717) is 6.04 Å². The summed E-state index contributed by atoms with van der Waals surface area (Å²) in [4.78, 5) is 4.22. The highest BCUT2D eigenvalue weighted by Crippen LogP contribution is 2.40. The maximum absolute atomic E-state index is 4.22. The summed E-state index contributed by atoms with van der Waals surface area (Å²) in [5, 5.41) is 3.44. The summed E-state index contributed by atoms with van der Waals surface area (Å²) in [6.45, 7) is 4.02. The lowest BCUT2D eigenvalue weighted by Crippen LogP contribution is -2.17. The summed E-state index contributed by atoms with van der Waals surface area (Å²) in [5.74, 6) is 0.835. The molecule has 1 aliphatic rings. The smallest absolute Gasteiger partial charge is 0.0948 e. The topological polar surface area (TPSA) is 34.8 Å². The molecule has 0 saturated heterocycles. The van der Waals surface area contributed by atoms with Gasteiger partial charge in [-0.15, -0.1) is 0 Å². The fourth-order valence-corrected chi connectivity index (χ4v) is 2.80. The van der Waals surface area contributed by atoms with Crippen molar-refractivity contribution in [3.63, 3.8) is 0 Å². The van der Waals surface area contributed by atoms with E-state index >= 15 is 0 Å². The highest BCUT2D eigenvalue weighted by Gasteiger charge is 2.31. The first-order chi connectivity index (χ1) is 9.31. The maximum atomic E-state index is 4.22. The van der Waals surface area contributed by atoms with E-state index in [1.54, 1.807) is 0 Å². The van der Waals surface area contributed by atoms with Crippen LogP contribution in [0.5, 0.6) is 0 Å². The molecule has 1 fully saturated rings. The molecule has 102 valence electrons. The monoisotopic (exact) mass is 258 g/mol. The van der Waals surface area contributed by atoms with Crippen LogP contribution in [-0.4, -0.2) is 21.2 Å².